The molecule has 1 aliphatic rings. The van der Waals surface area contributed by atoms with Crippen LogP contribution in [0.15, 0.2) is 24.3 Å². The lowest BCUT2D eigenvalue weighted by Crippen LogP contribution is -2.25. The summed E-state index contributed by atoms with van der Waals surface area (Å²) in [6, 6.07) is 6.75. The van der Waals surface area contributed by atoms with Crippen molar-refractivity contribution < 1.29 is 17.9 Å². The van der Waals surface area contributed by atoms with Crippen molar-refractivity contribution in [3.8, 4) is 0 Å². The monoisotopic (exact) mass is 302 g/mol. The first-order valence-electron chi connectivity index (χ1n) is 6.02. The molecule has 1 fully saturated rings. The minimum absolute atomic E-state index is 0.202. The molecule has 0 N–H and O–H groups in total. The van der Waals surface area contributed by atoms with Crippen molar-refractivity contribution in [2.45, 2.75) is 12.2 Å². The van der Waals surface area contributed by atoms with Gasteiger partial charge in [-0.1, -0.05) is 29.8 Å². The van der Waals surface area contributed by atoms with Gasteiger partial charge in [0.2, 0.25) is 0 Å². The molecule has 0 radical (unpaired) electrons. The molecule has 1 heterocycles. The van der Waals surface area contributed by atoms with Crippen LogP contribution in [0.25, 0.3) is 0 Å². The molecule has 1 aliphatic heterocycles. The van der Waals surface area contributed by atoms with E-state index in [9.17, 15) is 13.2 Å². The predicted octanol–water partition coefficient (Wildman–Crippen LogP) is 1.86. The van der Waals surface area contributed by atoms with Gasteiger partial charge in [0.1, 0.15) is 5.75 Å². The second-order valence-corrected chi connectivity index (χ2v) is 7.12. The molecule has 19 heavy (non-hydrogen) atoms. The summed E-state index contributed by atoms with van der Waals surface area (Å²) in [4.78, 5) is 11.8. The van der Waals surface area contributed by atoms with E-state index in [1.54, 1.807) is 24.3 Å². The highest BCUT2D eigenvalue weighted by molar-refractivity contribution is 7.91. The predicted molar refractivity (Wildman–Crippen MR) is 72.9 cm³/mol. The molecule has 0 amide bonds. The Morgan fingerprint density at radius 2 is 2.11 bits per heavy atom. The number of sulfone groups is 1. The fourth-order valence-corrected chi connectivity index (χ4v) is 3.81. The quantitative estimate of drug-likeness (QED) is 0.833. The number of rotatable bonds is 5. The summed E-state index contributed by atoms with van der Waals surface area (Å²) in [5.74, 6) is -1.18. The van der Waals surface area contributed by atoms with Crippen LogP contribution in [0.2, 0.25) is 5.02 Å². The molecule has 1 saturated heterocycles. The van der Waals surface area contributed by atoms with E-state index in [0.29, 0.717) is 30.2 Å². The van der Waals surface area contributed by atoms with Gasteiger partial charge in [0.15, 0.2) is 15.6 Å². The van der Waals surface area contributed by atoms with Gasteiger partial charge in [-0.2, -0.15) is 0 Å². The number of halogens is 1. The highest BCUT2D eigenvalue weighted by atomic mass is 35.5. The fourth-order valence-electron chi connectivity index (χ4n) is 2.03. The van der Waals surface area contributed by atoms with Gasteiger partial charge >= 0.3 is 0 Å². The van der Waals surface area contributed by atoms with Crippen LogP contribution in [0, 0.1) is 5.92 Å². The largest absolute Gasteiger partial charge is 0.381 e. The maximum atomic E-state index is 12.0. The SMILES string of the molecule is O=C(CS(=O)(=O)Cc1ccccc1Cl)C1CCOC1. The smallest absolute Gasteiger partial charge is 0.161 e. The standard InChI is InChI=1S/C13H15ClO4S/c14-12-4-2-1-3-11(12)8-19(16,17)9-13(15)10-5-6-18-7-10/h1-4,10H,5-9H2. The summed E-state index contributed by atoms with van der Waals surface area (Å²) >= 11 is 5.92. The third kappa shape index (κ3) is 4.03. The molecule has 0 aliphatic carbocycles. The van der Waals surface area contributed by atoms with Crippen LogP contribution in [0.5, 0.6) is 0 Å². The van der Waals surface area contributed by atoms with E-state index in [1.165, 1.54) is 0 Å². The molecule has 1 unspecified atom stereocenters. The van der Waals surface area contributed by atoms with E-state index in [-0.39, 0.29) is 17.5 Å². The zero-order valence-corrected chi connectivity index (χ0v) is 11.9. The molecular formula is C13H15ClO4S. The summed E-state index contributed by atoms with van der Waals surface area (Å²) in [7, 11) is -3.48. The Labute approximate surface area is 117 Å². The molecule has 1 aromatic rings. The number of carbonyl (C=O) groups is 1. The van der Waals surface area contributed by atoms with E-state index in [1.807, 2.05) is 0 Å². The molecule has 1 aromatic carbocycles. The Balaban J connectivity index is 2.02. The van der Waals surface area contributed by atoms with Crippen LogP contribution in [0.1, 0.15) is 12.0 Å². The Bertz CT molecular complexity index is 562. The Morgan fingerprint density at radius 3 is 2.74 bits per heavy atom. The van der Waals surface area contributed by atoms with Gasteiger partial charge in [0.25, 0.3) is 0 Å². The molecule has 4 nitrogen and oxygen atoms in total. The molecule has 2 rings (SSSR count). The topological polar surface area (TPSA) is 60.4 Å². The highest BCUT2D eigenvalue weighted by Gasteiger charge is 2.28. The van der Waals surface area contributed by atoms with E-state index in [0.717, 1.165) is 0 Å². The van der Waals surface area contributed by atoms with E-state index in [4.69, 9.17) is 16.3 Å². The van der Waals surface area contributed by atoms with Crippen molar-refractivity contribution in [3.05, 3.63) is 34.9 Å². The Kier molecular flexibility index (Phi) is 4.60. The van der Waals surface area contributed by atoms with Crippen molar-refractivity contribution in [2.75, 3.05) is 19.0 Å². The minimum atomic E-state index is -3.48. The molecule has 0 aromatic heterocycles. The fraction of sp³-hybridized carbons (Fsp3) is 0.462. The van der Waals surface area contributed by atoms with E-state index < -0.39 is 15.6 Å². The highest BCUT2D eigenvalue weighted by Crippen LogP contribution is 2.20. The molecule has 0 bridgehead atoms. The van der Waals surface area contributed by atoms with E-state index in [2.05, 4.69) is 0 Å². The number of benzene rings is 1. The molecular weight excluding hydrogens is 288 g/mol. The summed E-state index contributed by atoms with van der Waals surface area (Å²) in [6.07, 6.45) is 0.612. The van der Waals surface area contributed by atoms with Crippen LogP contribution in [-0.4, -0.2) is 33.2 Å². The number of hydrogen-bond acceptors (Lipinski definition) is 4. The summed E-state index contributed by atoms with van der Waals surface area (Å²) in [5, 5.41) is 0.405. The van der Waals surface area contributed by atoms with Crippen molar-refractivity contribution in [2.24, 2.45) is 5.92 Å². The van der Waals surface area contributed by atoms with Gasteiger partial charge in [-0.05, 0) is 18.1 Å². The number of hydrogen-bond donors (Lipinski definition) is 0. The van der Waals surface area contributed by atoms with Crippen molar-refractivity contribution >= 4 is 27.2 Å². The molecule has 104 valence electrons. The van der Waals surface area contributed by atoms with Crippen LogP contribution >= 0.6 is 11.6 Å². The average molecular weight is 303 g/mol. The first-order chi connectivity index (χ1) is 8.98. The van der Waals surface area contributed by atoms with Gasteiger partial charge in [-0.25, -0.2) is 8.42 Å². The molecule has 0 spiro atoms. The van der Waals surface area contributed by atoms with Crippen LogP contribution in [0.3, 0.4) is 0 Å². The Hall–Kier alpha value is -0.910. The number of ether oxygens (including phenoxy) is 1. The maximum Gasteiger partial charge on any atom is 0.161 e. The number of ketones is 1. The van der Waals surface area contributed by atoms with Crippen LogP contribution < -0.4 is 0 Å². The van der Waals surface area contributed by atoms with Gasteiger partial charge in [-0.15, -0.1) is 0 Å². The summed E-state index contributed by atoms with van der Waals surface area (Å²) < 4.78 is 29.1. The van der Waals surface area contributed by atoms with Gasteiger partial charge < -0.3 is 4.74 Å². The summed E-state index contributed by atoms with van der Waals surface area (Å²) in [5.41, 5.74) is 0.527. The normalized spacial score (nSPS) is 19.5. The van der Waals surface area contributed by atoms with Crippen molar-refractivity contribution in [3.63, 3.8) is 0 Å². The van der Waals surface area contributed by atoms with Crippen LogP contribution in [0.4, 0.5) is 0 Å². The zero-order chi connectivity index (χ0) is 13.9. The number of Topliss-reactive ketones (excluding diaryl/α,β-unsaturated/α-hetero) is 1. The Morgan fingerprint density at radius 1 is 1.37 bits per heavy atom. The van der Waals surface area contributed by atoms with Crippen LogP contribution in [-0.2, 0) is 25.1 Å². The first-order valence-corrected chi connectivity index (χ1v) is 8.22. The van der Waals surface area contributed by atoms with Gasteiger partial charge in [-0.3, -0.25) is 4.79 Å². The second-order valence-electron chi connectivity index (χ2n) is 4.65. The minimum Gasteiger partial charge on any atom is -0.381 e. The summed E-state index contributed by atoms with van der Waals surface area (Å²) in [6.45, 7) is 0.863. The third-order valence-electron chi connectivity index (χ3n) is 3.08. The maximum absolute atomic E-state index is 12.0. The van der Waals surface area contributed by atoms with Crippen molar-refractivity contribution in [1.29, 1.82) is 0 Å². The van der Waals surface area contributed by atoms with Gasteiger partial charge in [0, 0.05) is 17.5 Å². The van der Waals surface area contributed by atoms with E-state index >= 15 is 0 Å². The lowest BCUT2D eigenvalue weighted by molar-refractivity contribution is -0.120. The molecule has 6 heteroatoms. The average Bonchev–Trinajstić information content (AvgIpc) is 2.85. The third-order valence-corrected chi connectivity index (χ3v) is 4.92. The second kappa shape index (κ2) is 6.03. The lowest BCUT2D eigenvalue weighted by atomic mass is 10.1. The first kappa shape index (κ1) is 14.5. The van der Waals surface area contributed by atoms with Crippen molar-refractivity contribution in [1.82, 2.24) is 0 Å². The zero-order valence-electron chi connectivity index (χ0n) is 10.3. The lowest BCUT2D eigenvalue weighted by Gasteiger charge is -2.08. The van der Waals surface area contributed by atoms with Gasteiger partial charge in [0.05, 0.1) is 12.4 Å². The number of carbonyl (C=O) groups excluding carboxylic acids is 1. The molecule has 1 atom stereocenters. The molecule has 0 saturated carbocycles.